The van der Waals surface area contributed by atoms with E-state index in [2.05, 4.69) is 5.32 Å². The molecule has 0 aromatic carbocycles. The van der Waals surface area contributed by atoms with Gasteiger partial charge in [0.25, 0.3) is 0 Å². The van der Waals surface area contributed by atoms with Crippen LogP contribution >= 0.6 is 0 Å². The lowest BCUT2D eigenvalue weighted by atomic mass is 9.94. The number of hydrogen-bond donors (Lipinski definition) is 1. The molecule has 0 radical (unpaired) electrons. The summed E-state index contributed by atoms with van der Waals surface area (Å²) >= 11 is 0. The van der Waals surface area contributed by atoms with Crippen molar-refractivity contribution in [3.8, 4) is 0 Å². The number of rotatable bonds is 3. The molecule has 16 heavy (non-hydrogen) atoms. The first-order valence-corrected chi connectivity index (χ1v) is 6.04. The van der Waals surface area contributed by atoms with E-state index in [0.717, 1.165) is 32.1 Å². The Morgan fingerprint density at radius 3 is 2.56 bits per heavy atom. The number of halogens is 3. The molecule has 1 atom stereocenters. The molecule has 0 heterocycles. The summed E-state index contributed by atoms with van der Waals surface area (Å²) in [5.74, 6) is 0. The van der Waals surface area contributed by atoms with Crippen molar-refractivity contribution >= 4 is 0 Å². The van der Waals surface area contributed by atoms with Gasteiger partial charge < -0.3 is 5.32 Å². The number of hydrogen-bond acceptors (Lipinski definition) is 1. The second kappa shape index (κ2) is 6.28. The molecule has 0 spiro atoms. The van der Waals surface area contributed by atoms with Crippen LogP contribution in [-0.4, -0.2) is 18.8 Å². The van der Waals surface area contributed by atoms with Crippen LogP contribution in [0.15, 0.2) is 11.6 Å². The molecule has 94 valence electrons. The van der Waals surface area contributed by atoms with E-state index in [1.54, 1.807) is 13.0 Å². The smallest absolute Gasteiger partial charge is 0.303 e. The molecule has 0 bridgehead atoms. The molecular formula is C12H20F3N. The Labute approximate surface area is 95.1 Å². The Morgan fingerprint density at radius 1 is 1.25 bits per heavy atom. The van der Waals surface area contributed by atoms with Gasteiger partial charge in [0.2, 0.25) is 0 Å². The van der Waals surface area contributed by atoms with Gasteiger partial charge in [-0.1, -0.05) is 25.8 Å². The maximum Gasteiger partial charge on any atom is 0.407 e. The summed E-state index contributed by atoms with van der Waals surface area (Å²) in [6, 6.07) is -1.43. The summed E-state index contributed by atoms with van der Waals surface area (Å²) in [4.78, 5) is 0. The predicted molar refractivity (Wildman–Crippen MR) is 59.3 cm³/mol. The highest BCUT2D eigenvalue weighted by atomic mass is 19.4. The third-order valence-corrected chi connectivity index (χ3v) is 2.93. The molecular weight excluding hydrogens is 215 g/mol. The summed E-state index contributed by atoms with van der Waals surface area (Å²) in [6.07, 6.45) is 3.07. The summed E-state index contributed by atoms with van der Waals surface area (Å²) in [7, 11) is 0. The lowest BCUT2D eigenvalue weighted by Crippen LogP contribution is -2.43. The summed E-state index contributed by atoms with van der Waals surface area (Å²) in [6.45, 7) is 2.06. The largest absolute Gasteiger partial charge is 0.407 e. The van der Waals surface area contributed by atoms with Gasteiger partial charge in [-0.15, -0.1) is 0 Å². The predicted octanol–water partition coefficient (Wildman–Crippen LogP) is 3.81. The van der Waals surface area contributed by atoms with E-state index in [1.165, 1.54) is 0 Å². The normalized spacial score (nSPS) is 20.9. The van der Waals surface area contributed by atoms with Gasteiger partial charge in [-0.05, 0) is 37.8 Å². The maximum absolute atomic E-state index is 12.8. The van der Waals surface area contributed by atoms with E-state index in [-0.39, 0.29) is 0 Å². The van der Waals surface area contributed by atoms with Crippen molar-refractivity contribution in [2.45, 2.75) is 57.7 Å². The zero-order valence-corrected chi connectivity index (χ0v) is 9.74. The van der Waals surface area contributed by atoms with Gasteiger partial charge in [0.05, 0.1) is 0 Å². The van der Waals surface area contributed by atoms with Crippen LogP contribution < -0.4 is 5.32 Å². The van der Waals surface area contributed by atoms with Crippen molar-refractivity contribution in [3.63, 3.8) is 0 Å². The molecule has 1 nitrogen and oxygen atoms in total. The minimum Gasteiger partial charge on any atom is -0.303 e. The van der Waals surface area contributed by atoms with E-state index in [0.29, 0.717) is 18.5 Å². The standard InChI is InChI=1S/C12H20F3N/c1-2-16-11(12(13,14)15)10-8-6-4-3-5-7-9-10/h8,11,16H,2-7,9H2,1H3. The fraction of sp³-hybridized carbons (Fsp3) is 0.833. The highest BCUT2D eigenvalue weighted by Gasteiger charge is 2.40. The van der Waals surface area contributed by atoms with Gasteiger partial charge in [0.15, 0.2) is 0 Å². The van der Waals surface area contributed by atoms with Gasteiger partial charge in [-0.3, -0.25) is 0 Å². The molecule has 0 saturated heterocycles. The fourth-order valence-electron chi connectivity index (χ4n) is 2.14. The minimum atomic E-state index is -4.17. The topological polar surface area (TPSA) is 12.0 Å². The average molecular weight is 235 g/mol. The Hall–Kier alpha value is -0.510. The monoisotopic (exact) mass is 235 g/mol. The molecule has 0 aromatic rings. The third-order valence-electron chi connectivity index (χ3n) is 2.93. The molecule has 1 N–H and O–H groups in total. The second-order valence-electron chi connectivity index (χ2n) is 4.26. The van der Waals surface area contributed by atoms with E-state index >= 15 is 0 Å². The van der Waals surface area contributed by atoms with Crippen molar-refractivity contribution in [1.29, 1.82) is 0 Å². The van der Waals surface area contributed by atoms with Crippen LogP contribution in [0.1, 0.15) is 45.4 Å². The molecule has 1 rings (SSSR count). The summed E-state index contributed by atoms with van der Waals surface area (Å²) in [5.41, 5.74) is 0.536. The van der Waals surface area contributed by atoms with Gasteiger partial charge in [-0.25, -0.2) is 0 Å². The van der Waals surface area contributed by atoms with E-state index in [9.17, 15) is 13.2 Å². The van der Waals surface area contributed by atoms with Crippen molar-refractivity contribution < 1.29 is 13.2 Å². The van der Waals surface area contributed by atoms with Gasteiger partial charge in [-0.2, -0.15) is 13.2 Å². The number of nitrogens with one attached hydrogen (secondary N) is 1. The molecule has 0 fully saturated rings. The molecule has 0 saturated carbocycles. The quantitative estimate of drug-likeness (QED) is 0.733. The Balaban J connectivity index is 2.74. The van der Waals surface area contributed by atoms with Crippen molar-refractivity contribution in [1.82, 2.24) is 5.32 Å². The van der Waals surface area contributed by atoms with E-state index in [1.807, 2.05) is 0 Å². The zero-order valence-electron chi connectivity index (χ0n) is 9.74. The number of alkyl halides is 3. The highest BCUT2D eigenvalue weighted by molar-refractivity contribution is 5.14. The van der Waals surface area contributed by atoms with Crippen LogP contribution in [0.25, 0.3) is 0 Å². The number of likely N-dealkylation sites (N-methyl/N-ethyl adjacent to an activating group) is 1. The van der Waals surface area contributed by atoms with Crippen molar-refractivity contribution in [2.75, 3.05) is 6.54 Å². The van der Waals surface area contributed by atoms with Crippen LogP contribution in [0, 0.1) is 0 Å². The van der Waals surface area contributed by atoms with Gasteiger partial charge in [0.1, 0.15) is 6.04 Å². The summed E-state index contributed by atoms with van der Waals surface area (Å²) in [5, 5.41) is 2.55. The van der Waals surface area contributed by atoms with Crippen molar-refractivity contribution in [3.05, 3.63) is 11.6 Å². The highest BCUT2D eigenvalue weighted by Crippen LogP contribution is 2.30. The Kier molecular flexibility index (Phi) is 5.32. The first-order chi connectivity index (χ1) is 7.55. The Bertz CT molecular complexity index is 233. The molecule has 0 amide bonds. The minimum absolute atomic E-state index is 0.349. The van der Waals surface area contributed by atoms with Gasteiger partial charge >= 0.3 is 6.18 Å². The van der Waals surface area contributed by atoms with Crippen LogP contribution in [0.2, 0.25) is 0 Å². The Morgan fingerprint density at radius 2 is 1.94 bits per heavy atom. The SMILES string of the molecule is CCNC(C1=CCCCCCC1)C(F)(F)F. The first kappa shape index (κ1) is 13.6. The van der Waals surface area contributed by atoms with Crippen LogP contribution in [0.3, 0.4) is 0 Å². The molecule has 1 aliphatic rings. The van der Waals surface area contributed by atoms with Crippen molar-refractivity contribution in [2.24, 2.45) is 0 Å². The van der Waals surface area contributed by atoms with Crippen LogP contribution in [0.5, 0.6) is 0 Å². The van der Waals surface area contributed by atoms with Crippen LogP contribution in [-0.2, 0) is 0 Å². The van der Waals surface area contributed by atoms with Gasteiger partial charge in [0, 0.05) is 0 Å². The van der Waals surface area contributed by atoms with Crippen LogP contribution in [0.4, 0.5) is 13.2 Å². The van der Waals surface area contributed by atoms with E-state index < -0.39 is 12.2 Å². The average Bonchev–Trinajstić information content (AvgIpc) is 2.13. The molecule has 1 unspecified atom stereocenters. The molecule has 0 aromatic heterocycles. The lowest BCUT2D eigenvalue weighted by molar-refractivity contribution is -0.147. The summed E-state index contributed by atoms with van der Waals surface area (Å²) < 4.78 is 38.5. The first-order valence-electron chi connectivity index (χ1n) is 6.04. The zero-order chi connectivity index (χ0) is 12.0. The molecule has 0 aliphatic heterocycles. The van der Waals surface area contributed by atoms with E-state index in [4.69, 9.17) is 0 Å². The molecule has 1 aliphatic carbocycles. The number of allylic oxidation sites excluding steroid dienone is 1. The molecule has 4 heteroatoms. The second-order valence-corrected chi connectivity index (χ2v) is 4.26. The fourth-order valence-corrected chi connectivity index (χ4v) is 2.14. The third kappa shape index (κ3) is 4.16. The maximum atomic E-state index is 12.8. The lowest BCUT2D eigenvalue weighted by Gasteiger charge is -2.25.